The fraction of sp³-hybridized carbons (Fsp3) is 0.471. The molecule has 4 nitrogen and oxygen atoms in total. The quantitative estimate of drug-likeness (QED) is 0.940. The van der Waals surface area contributed by atoms with E-state index in [2.05, 4.69) is 34.3 Å². The first-order valence-corrected chi connectivity index (χ1v) is 7.90. The molecule has 2 aliphatic rings. The van der Waals surface area contributed by atoms with Crippen molar-refractivity contribution in [1.29, 1.82) is 0 Å². The van der Waals surface area contributed by atoms with Crippen molar-refractivity contribution in [2.24, 2.45) is 5.73 Å². The number of piperidine rings is 1. The summed E-state index contributed by atoms with van der Waals surface area (Å²) in [5, 5.41) is 4.27. The molecule has 2 N–H and O–H groups in total. The summed E-state index contributed by atoms with van der Waals surface area (Å²) < 4.78 is 1.90. The second-order valence-corrected chi connectivity index (χ2v) is 6.41. The van der Waals surface area contributed by atoms with Crippen LogP contribution in [0.5, 0.6) is 0 Å². The van der Waals surface area contributed by atoms with Gasteiger partial charge in [0, 0.05) is 37.1 Å². The standard InChI is InChI=1S/C17H22N4/c18-14-10-16-6-7-17(11-14)20(16)12-13-2-4-15(5-3-13)21-9-1-8-19-21/h1-5,8-9,14,16-17H,6-7,10-12,18H2. The van der Waals surface area contributed by atoms with E-state index in [1.165, 1.54) is 31.2 Å². The molecule has 4 rings (SSSR count). The second kappa shape index (κ2) is 5.28. The van der Waals surface area contributed by atoms with Crippen molar-refractivity contribution in [2.45, 2.75) is 50.4 Å². The maximum Gasteiger partial charge on any atom is 0.0645 e. The lowest BCUT2D eigenvalue weighted by Crippen LogP contribution is -2.46. The zero-order chi connectivity index (χ0) is 14.2. The fourth-order valence-electron chi connectivity index (χ4n) is 3.96. The van der Waals surface area contributed by atoms with Gasteiger partial charge in [0.05, 0.1) is 5.69 Å². The van der Waals surface area contributed by atoms with Crippen LogP contribution in [0.15, 0.2) is 42.7 Å². The van der Waals surface area contributed by atoms with Crippen LogP contribution < -0.4 is 5.73 Å². The minimum atomic E-state index is 0.418. The maximum atomic E-state index is 6.15. The minimum Gasteiger partial charge on any atom is -0.328 e. The molecule has 21 heavy (non-hydrogen) atoms. The molecule has 2 bridgehead atoms. The van der Waals surface area contributed by atoms with E-state index < -0.39 is 0 Å². The SMILES string of the molecule is NC1CC2CCC(C1)N2Cc1ccc(-n2cccn2)cc1. The first-order valence-electron chi connectivity index (χ1n) is 7.90. The van der Waals surface area contributed by atoms with Gasteiger partial charge < -0.3 is 5.73 Å². The Bertz CT molecular complexity index is 576. The number of nitrogens with two attached hydrogens (primary N) is 1. The van der Waals surface area contributed by atoms with Gasteiger partial charge in [-0.1, -0.05) is 12.1 Å². The van der Waals surface area contributed by atoms with Gasteiger partial charge in [-0.05, 0) is 49.4 Å². The van der Waals surface area contributed by atoms with Crippen LogP contribution in [-0.4, -0.2) is 32.8 Å². The lowest BCUT2D eigenvalue weighted by Gasteiger charge is -2.37. The molecule has 2 aliphatic heterocycles. The Kier molecular flexibility index (Phi) is 3.28. The third-order valence-electron chi connectivity index (χ3n) is 4.99. The summed E-state index contributed by atoms with van der Waals surface area (Å²) in [6.07, 6.45) is 8.76. The summed E-state index contributed by atoms with van der Waals surface area (Å²) >= 11 is 0. The summed E-state index contributed by atoms with van der Waals surface area (Å²) in [4.78, 5) is 2.67. The number of aromatic nitrogens is 2. The van der Waals surface area contributed by atoms with Crippen molar-refractivity contribution < 1.29 is 0 Å². The van der Waals surface area contributed by atoms with E-state index in [4.69, 9.17) is 5.73 Å². The summed E-state index contributed by atoms with van der Waals surface area (Å²) in [5.74, 6) is 0. The average molecular weight is 282 g/mol. The number of benzene rings is 1. The second-order valence-electron chi connectivity index (χ2n) is 6.41. The topological polar surface area (TPSA) is 47.1 Å². The van der Waals surface area contributed by atoms with Crippen LogP contribution in [0.2, 0.25) is 0 Å². The molecule has 2 atom stereocenters. The van der Waals surface area contributed by atoms with Gasteiger partial charge in [0.15, 0.2) is 0 Å². The predicted octanol–water partition coefficient (Wildman–Crippen LogP) is 2.33. The van der Waals surface area contributed by atoms with Crippen molar-refractivity contribution >= 4 is 0 Å². The monoisotopic (exact) mass is 282 g/mol. The maximum absolute atomic E-state index is 6.15. The third-order valence-corrected chi connectivity index (χ3v) is 4.99. The Hall–Kier alpha value is -1.65. The van der Waals surface area contributed by atoms with Gasteiger partial charge >= 0.3 is 0 Å². The number of fused-ring (bicyclic) bond motifs is 2. The Balaban J connectivity index is 1.48. The smallest absolute Gasteiger partial charge is 0.0645 e. The molecule has 110 valence electrons. The highest BCUT2D eigenvalue weighted by Gasteiger charge is 2.39. The lowest BCUT2D eigenvalue weighted by atomic mass is 9.97. The molecule has 2 aromatic rings. The van der Waals surface area contributed by atoms with E-state index in [0.29, 0.717) is 18.1 Å². The normalized spacial score (nSPS) is 28.9. The highest BCUT2D eigenvalue weighted by Crippen LogP contribution is 2.36. The van der Waals surface area contributed by atoms with Gasteiger partial charge in [0.1, 0.15) is 0 Å². The summed E-state index contributed by atoms with van der Waals surface area (Å²) in [6.45, 7) is 1.06. The number of hydrogen-bond acceptors (Lipinski definition) is 3. The molecule has 1 aromatic heterocycles. The van der Waals surface area contributed by atoms with E-state index in [-0.39, 0.29) is 0 Å². The summed E-state index contributed by atoms with van der Waals surface area (Å²) in [7, 11) is 0. The first kappa shape index (κ1) is 13.0. The average Bonchev–Trinajstić information content (AvgIpc) is 3.09. The highest BCUT2D eigenvalue weighted by atomic mass is 15.3. The van der Waals surface area contributed by atoms with Gasteiger partial charge in [0.2, 0.25) is 0 Å². The summed E-state index contributed by atoms with van der Waals surface area (Å²) in [6, 6.07) is 12.5. The molecule has 0 amide bonds. The van der Waals surface area contributed by atoms with E-state index in [0.717, 1.165) is 12.2 Å². The van der Waals surface area contributed by atoms with Gasteiger partial charge in [-0.3, -0.25) is 4.90 Å². The van der Waals surface area contributed by atoms with Crippen molar-refractivity contribution in [1.82, 2.24) is 14.7 Å². The van der Waals surface area contributed by atoms with Crippen LogP contribution in [0, 0.1) is 0 Å². The van der Waals surface area contributed by atoms with Crippen LogP contribution in [0.4, 0.5) is 0 Å². The molecule has 0 saturated carbocycles. The third kappa shape index (κ3) is 2.49. The zero-order valence-corrected chi connectivity index (χ0v) is 12.2. The van der Waals surface area contributed by atoms with Crippen molar-refractivity contribution in [3.05, 3.63) is 48.3 Å². The molecule has 0 aliphatic carbocycles. The van der Waals surface area contributed by atoms with Gasteiger partial charge in [-0.15, -0.1) is 0 Å². The molecule has 2 saturated heterocycles. The molecule has 0 radical (unpaired) electrons. The molecule has 2 unspecified atom stereocenters. The van der Waals surface area contributed by atoms with Gasteiger partial charge in [0.25, 0.3) is 0 Å². The van der Waals surface area contributed by atoms with Crippen molar-refractivity contribution in [3.8, 4) is 5.69 Å². The lowest BCUT2D eigenvalue weighted by molar-refractivity contribution is 0.120. The highest BCUT2D eigenvalue weighted by molar-refractivity contribution is 5.33. The fourth-order valence-corrected chi connectivity index (χ4v) is 3.96. The van der Waals surface area contributed by atoms with E-state index in [1.807, 2.05) is 23.1 Å². The van der Waals surface area contributed by atoms with Gasteiger partial charge in [-0.25, -0.2) is 4.68 Å². The van der Waals surface area contributed by atoms with E-state index in [9.17, 15) is 0 Å². The predicted molar refractivity (Wildman–Crippen MR) is 83.1 cm³/mol. The minimum absolute atomic E-state index is 0.418. The number of hydrogen-bond donors (Lipinski definition) is 1. The van der Waals surface area contributed by atoms with Crippen LogP contribution in [0.1, 0.15) is 31.2 Å². The van der Waals surface area contributed by atoms with Crippen LogP contribution in [0.3, 0.4) is 0 Å². The van der Waals surface area contributed by atoms with Crippen LogP contribution >= 0.6 is 0 Å². The van der Waals surface area contributed by atoms with E-state index in [1.54, 1.807) is 0 Å². The molecular formula is C17H22N4. The Labute approximate surface area is 125 Å². The van der Waals surface area contributed by atoms with Crippen molar-refractivity contribution in [2.75, 3.05) is 0 Å². The van der Waals surface area contributed by atoms with Crippen LogP contribution in [0.25, 0.3) is 5.69 Å². The Morgan fingerprint density at radius 3 is 2.43 bits per heavy atom. The van der Waals surface area contributed by atoms with Gasteiger partial charge in [-0.2, -0.15) is 5.10 Å². The molecule has 3 heterocycles. The Morgan fingerprint density at radius 2 is 1.81 bits per heavy atom. The zero-order valence-electron chi connectivity index (χ0n) is 12.2. The summed E-state index contributed by atoms with van der Waals surface area (Å²) in [5.41, 5.74) is 8.65. The Morgan fingerprint density at radius 1 is 1.10 bits per heavy atom. The molecule has 1 aromatic carbocycles. The molecule has 2 fully saturated rings. The molecule has 4 heteroatoms. The van der Waals surface area contributed by atoms with Crippen LogP contribution in [-0.2, 0) is 6.54 Å². The number of rotatable bonds is 3. The van der Waals surface area contributed by atoms with E-state index >= 15 is 0 Å². The molecule has 0 spiro atoms. The first-order chi connectivity index (χ1) is 10.3. The largest absolute Gasteiger partial charge is 0.328 e. The molecular weight excluding hydrogens is 260 g/mol. The van der Waals surface area contributed by atoms with Crippen molar-refractivity contribution in [3.63, 3.8) is 0 Å². The number of nitrogens with zero attached hydrogens (tertiary/aromatic N) is 3.